The predicted octanol–water partition coefficient (Wildman–Crippen LogP) is 4.15. The van der Waals surface area contributed by atoms with Crippen molar-refractivity contribution in [1.82, 2.24) is 5.32 Å². The predicted molar refractivity (Wildman–Crippen MR) is 111 cm³/mol. The number of anilines is 1. The monoisotopic (exact) mass is 412 g/mol. The van der Waals surface area contributed by atoms with Gasteiger partial charge in [-0.3, -0.25) is 9.10 Å². The normalized spacial score (nSPS) is 15.4. The zero-order valence-corrected chi connectivity index (χ0v) is 16.7. The lowest BCUT2D eigenvalue weighted by Gasteiger charge is -2.19. The van der Waals surface area contributed by atoms with Gasteiger partial charge in [0.15, 0.2) is 0 Å². The SMILES string of the molecule is CC(NC(=O)CCCN1c2cccc3cccc(c23)S1(=O)=O)c1ccc(F)cc1. The maximum Gasteiger partial charge on any atom is 0.265 e. The van der Waals surface area contributed by atoms with Gasteiger partial charge in [0.2, 0.25) is 5.91 Å². The molecule has 1 aliphatic rings. The van der Waals surface area contributed by atoms with Crippen molar-refractivity contribution in [3.05, 3.63) is 72.0 Å². The molecule has 1 heterocycles. The average Bonchev–Trinajstić information content (AvgIpc) is 2.92. The summed E-state index contributed by atoms with van der Waals surface area (Å²) in [5.41, 5.74) is 1.47. The Hall–Kier alpha value is -2.93. The van der Waals surface area contributed by atoms with Crippen molar-refractivity contribution in [2.45, 2.75) is 30.7 Å². The van der Waals surface area contributed by atoms with Gasteiger partial charge in [0, 0.05) is 18.4 Å². The minimum absolute atomic E-state index is 0.172. The third-order valence-electron chi connectivity index (χ3n) is 5.19. The Morgan fingerprint density at radius 3 is 2.48 bits per heavy atom. The lowest BCUT2D eigenvalue weighted by molar-refractivity contribution is -0.121. The Kier molecular flexibility index (Phi) is 5.00. The molecule has 4 rings (SSSR count). The number of benzene rings is 3. The van der Waals surface area contributed by atoms with E-state index in [1.807, 2.05) is 25.1 Å². The smallest absolute Gasteiger partial charge is 0.265 e. The van der Waals surface area contributed by atoms with Gasteiger partial charge in [-0.1, -0.05) is 36.4 Å². The van der Waals surface area contributed by atoms with Crippen LogP contribution in [0.1, 0.15) is 31.4 Å². The molecule has 1 atom stereocenters. The first-order chi connectivity index (χ1) is 13.9. The molecular formula is C22H21FN2O3S. The number of nitrogens with zero attached hydrogens (tertiary/aromatic N) is 1. The van der Waals surface area contributed by atoms with E-state index in [1.54, 1.807) is 30.3 Å². The Morgan fingerprint density at radius 1 is 1.07 bits per heavy atom. The molecule has 150 valence electrons. The van der Waals surface area contributed by atoms with Crippen LogP contribution >= 0.6 is 0 Å². The van der Waals surface area contributed by atoms with Gasteiger partial charge in [0.25, 0.3) is 10.0 Å². The second-order valence-electron chi connectivity index (χ2n) is 7.15. The third kappa shape index (κ3) is 3.58. The summed E-state index contributed by atoms with van der Waals surface area (Å²) in [6.45, 7) is 2.06. The van der Waals surface area contributed by atoms with Crippen LogP contribution in [0.3, 0.4) is 0 Å². The van der Waals surface area contributed by atoms with Gasteiger partial charge in [-0.05, 0) is 48.6 Å². The van der Waals surface area contributed by atoms with Gasteiger partial charge in [0.05, 0.1) is 16.6 Å². The molecular weight excluding hydrogens is 391 g/mol. The highest BCUT2D eigenvalue weighted by Crippen LogP contribution is 2.41. The van der Waals surface area contributed by atoms with Gasteiger partial charge in [0.1, 0.15) is 5.82 Å². The van der Waals surface area contributed by atoms with E-state index in [2.05, 4.69) is 5.32 Å². The van der Waals surface area contributed by atoms with Crippen LogP contribution in [0.15, 0.2) is 65.6 Å². The van der Waals surface area contributed by atoms with Gasteiger partial charge in [-0.25, -0.2) is 12.8 Å². The zero-order chi connectivity index (χ0) is 20.6. The van der Waals surface area contributed by atoms with Crippen LogP contribution in [0.4, 0.5) is 10.1 Å². The minimum Gasteiger partial charge on any atom is -0.350 e. The Bertz CT molecular complexity index is 1170. The first-order valence-corrected chi connectivity index (χ1v) is 10.9. The molecule has 7 heteroatoms. The summed E-state index contributed by atoms with van der Waals surface area (Å²) in [5, 5.41) is 4.50. The van der Waals surface area contributed by atoms with Crippen molar-refractivity contribution in [2.24, 2.45) is 0 Å². The maximum absolute atomic E-state index is 13.0. The Morgan fingerprint density at radius 2 is 1.76 bits per heavy atom. The summed E-state index contributed by atoms with van der Waals surface area (Å²) in [6.07, 6.45) is 0.593. The molecule has 0 saturated carbocycles. The highest BCUT2D eigenvalue weighted by molar-refractivity contribution is 7.93. The Labute approximate surface area is 169 Å². The second kappa shape index (κ2) is 7.48. The number of nitrogens with one attached hydrogen (secondary N) is 1. The van der Waals surface area contributed by atoms with Gasteiger partial charge < -0.3 is 5.32 Å². The maximum atomic E-state index is 13.0. The average molecular weight is 412 g/mol. The van der Waals surface area contributed by atoms with Crippen LogP contribution in [-0.4, -0.2) is 20.9 Å². The summed E-state index contributed by atoms with van der Waals surface area (Å²) >= 11 is 0. The molecule has 0 aliphatic carbocycles. The van der Waals surface area contributed by atoms with Crippen molar-refractivity contribution in [3.8, 4) is 0 Å². The number of rotatable bonds is 6. The van der Waals surface area contributed by atoms with Crippen molar-refractivity contribution < 1.29 is 17.6 Å². The molecule has 0 fully saturated rings. The van der Waals surface area contributed by atoms with Crippen LogP contribution in [0.5, 0.6) is 0 Å². The topological polar surface area (TPSA) is 66.5 Å². The number of carbonyl (C=O) groups excluding carboxylic acids is 1. The fourth-order valence-electron chi connectivity index (χ4n) is 3.73. The highest BCUT2D eigenvalue weighted by Gasteiger charge is 2.35. The van der Waals surface area contributed by atoms with E-state index in [1.165, 1.54) is 16.4 Å². The molecule has 5 nitrogen and oxygen atoms in total. The van der Waals surface area contributed by atoms with Gasteiger partial charge in [-0.2, -0.15) is 0 Å². The van der Waals surface area contributed by atoms with Crippen molar-refractivity contribution in [2.75, 3.05) is 10.8 Å². The lowest BCUT2D eigenvalue weighted by atomic mass is 10.1. The molecule has 0 aromatic heterocycles. The second-order valence-corrected chi connectivity index (χ2v) is 8.98. The van der Waals surface area contributed by atoms with E-state index in [4.69, 9.17) is 0 Å². The van der Waals surface area contributed by atoms with E-state index in [9.17, 15) is 17.6 Å². The van der Waals surface area contributed by atoms with E-state index >= 15 is 0 Å². The van der Waals surface area contributed by atoms with Crippen LogP contribution in [0.25, 0.3) is 10.8 Å². The fraction of sp³-hybridized carbons (Fsp3) is 0.227. The van der Waals surface area contributed by atoms with Crippen molar-refractivity contribution in [3.63, 3.8) is 0 Å². The number of amides is 1. The summed E-state index contributed by atoms with van der Waals surface area (Å²) in [6, 6.07) is 16.5. The largest absolute Gasteiger partial charge is 0.350 e. The zero-order valence-electron chi connectivity index (χ0n) is 15.9. The molecule has 29 heavy (non-hydrogen) atoms. The fourth-order valence-corrected chi connectivity index (χ4v) is 5.48. The van der Waals surface area contributed by atoms with Crippen molar-refractivity contribution >= 4 is 32.4 Å². The third-order valence-corrected chi connectivity index (χ3v) is 7.05. The molecule has 1 aliphatic heterocycles. The number of hydrogen-bond acceptors (Lipinski definition) is 3. The molecule has 1 unspecified atom stereocenters. The molecule has 3 aromatic rings. The number of carbonyl (C=O) groups is 1. The van der Waals surface area contributed by atoms with Gasteiger partial charge in [-0.15, -0.1) is 0 Å². The molecule has 0 saturated heterocycles. The molecule has 1 amide bonds. The molecule has 0 radical (unpaired) electrons. The summed E-state index contributed by atoms with van der Waals surface area (Å²) in [7, 11) is -3.60. The summed E-state index contributed by atoms with van der Waals surface area (Å²) in [4.78, 5) is 12.6. The van der Waals surface area contributed by atoms with Crippen LogP contribution in [0, 0.1) is 5.82 Å². The summed E-state index contributed by atoms with van der Waals surface area (Å²) in [5.74, 6) is -0.496. The number of halogens is 1. The van der Waals surface area contributed by atoms with Gasteiger partial charge >= 0.3 is 0 Å². The molecule has 0 spiro atoms. The van der Waals surface area contributed by atoms with E-state index < -0.39 is 10.0 Å². The molecule has 0 bridgehead atoms. The van der Waals surface area contributed by atoms with E-state index in [0.717, 1.165) is 16.3 Å². The summed E-state index contributed by atoms with van der Waals surface area (Å²) < 4.78 is 40.3. The standard InChI is InChI=1S/C22H21FN2O3S/c1-15(16-10-12-18(23)13-11-16)24-21(26)9-4-14-25-19-7-2-5-17-6-3-8-20(22(17)19)29(25,27)28/h2-3,5-8,10-13,15H,4,9,14H2,1H3,(H,24,26). The lowest BCUT2D eigenvalue weighted by Crippen LogP contribution is -2.30. The van der Waals surface area contributed by atoms with E-state index in [0.29, 0.717) is 17.0 Å². The first kappa shape index (κ1) is 19.4. The molecule has 1 N–H and O–H groups in total. The number of sulfonamides is 1. The van der Waals surface area contributed by atoms with E-state index in [-0.39, 0.29) is 30.7 Å². The van der Waals surface area contributed by atoms with Crippen LogP contribution < -0.4 is 9.62 Å². The van der Waals surface area contributed by atoms with Crippen molar-refractivity contribution in [1.29, 1.82) is 0 Å². The highest BCUT2D eigenvalue weighted by atomic mass is 32.2. The van der Waals surface area contributed by atoms with Crippen LogP contribution in [0.2, 0.25) is 0 Å². The van der Waals surface area contributed by atoms with Crippen LogP contribution in [-0.2, 0) is 14.8 Å². The first-order valence-electron chi connectivity index (χ1n) is 9.47. The Balaban J connectivity index is 1.40. The quantitative estimate of drug-likeness (QED) is 0.662. The minimum atomic E-state index is -3.60. The number of hydrogen-bond donors (Lipinski definition) is 1. The molecule has 3 aromatic carbocycles.